The maximum absolute atomic E-state index is 12.5. The molecule has 0 N–H and O–H groups in total. The van der Waals surface area contributed by atoms with Crippen LogP contribution in [-0.4, -0.2) is 31.7 Å². The van der Waals surface area contributed by atoms with Crippen LogP contribution in [0.15, 0.2) is 23.4 Å². The zero-order chi connectivity index (χ0) is 16.4. The molecule has 118 valence electrons. The molecule has 1 amide bonds. The van der Waals surface area contributed by atoms with Gasteiger partial charge in [-0.25, -0.2) is 0 Å². The first-order valence-corrected chi connectivity index (χ1v) is 8.17. The van der Waals surface area contributed by atoms with Crippen molar-refractivity contribution in [3.63, 3.8) is 0 Å². The van der Waals surface area contributed by atoms with Crippen LogP contribution in [-0.2, 0) is 16.6 Å². The summed E-state index contributed by atoms with van der Waals surface area (Å²) in [4.78, 5) is 25.6. The van der Waals surface area contributed by atoms with Crippen LogP contribution < -0.4 is 5.11 Å². The van der Waals surface area contributed by atoms with E-state index in [1.807, 2.05) is 37.0 Å². The predicted molar refractivity (Wildman–Crippen MR) is 88.7 cm³/mol. The van der Waals surface area contributed by atoms with E-state index in [-0.39, 0.29) is 16.1 Å². The lowest BCUT2D eigenvalue weighted by Crippen LogP contribution is -2.53. The lowest BCUT2D eigenvalue weighted by Gasteiger charge is -2.32. The van der Waals surface area contributed by atoms with Gasteiger partial charge in [0.05, 0.1) is 16.9 Å². The highest BCUT2D eigenvalue weighted by atomic mass is 32.2. The topological polar surface area (TPSA) is 65.4 Å². The number of hydrogen-bond donors (Lipinski definition) is 0. The number of nitrogens with zero attached hydrogens (tertiary/aromatic N) is 2. The minimum Gasteiger partial charge on any atom is -0.548 e. The summed E-state index contributed by atoms with van der Waals surface area (Å²) in [5.74, 6) is -1.87. The van der Waals surface area contributed by atoms with Crippen LogP contribution >= 0.6 is 24.0 Å². The second-order valence-electron chi connectivity index (χ2n) is 5.31. The standard InChI is InChI=1S/C15H18N2O3S2/c1-4-9(2)12(14(19)20)17-13(18)11(22-15(17)21)7-10-5-6-16(3)8-10/h5-9,12H,4H2,1-3H3,(H,19,20)/p-1/b11-7+/t9-,12+/m1/s1. The van der Waals surface area contributed by atoms with E-state index in [2.05, 4.69) is 0 Å². The molecule has 0 radical (unpaired) electrons. The molecule has 0 bridgehead atoms. The third-order valence-electron chi connectivity index (χ3n) is 3.68. The van der Waals surface area contributed by atoms with Gasteiger partial charge < -0.3 is 14.5 Å². The minimum atomic E-state index is -1.27. The average Bonchev–Trinajstić information content (AvgIpc) is 2.97. The maximum atomic E-state index is 12.5. The molecule has 2 atom stereocenters. The molecule has 2 heterocycles. The normalized spacial score (nSPS) is 19.8. The van der Waals surface area contributed by atoms with Gasteiger partial charge in [0.2, 0.25) is 0 Å². The Morgan fingerprint density at radius 1 is 1.55 bits per heavy atom. The quantitative estimate of drug-likeness (QED) is 0.600. The molecule has 0 aromatic carbocycles. The van der Waals surface area contributed by atoms with Gasteiger partial charge in [-0.05, 0) is 23.6 Å². The Labute approximate surface area is 139 Å². The van der Waals surface area contributed by atoms with Crippen molar-refractivity contribution in [2.45, 2.75) is 26.3 Å². The first-order valence-electron chi connectivity index (χ1n) is 6.95. The Morgan fingerprint density at radius 2 is 2.23 bits per heavy atom. The second-order valence-corrected chi connectivity index (χ2v) is 6.99. The predicted octanol–water partition coefficient (Wildman–Crippen LogP) is 1.39. The smallest absolute Gasteiger partial charge is 0.266 e. The van der Waals surface area contributed by atoms with Gasteiger partial charge in [-0.1, -0.05) is 44.2 Å². The fraction of sp³-hybridized carbons (Fsp3) is 0.400. The van der Waals surface area contributed by atoms with E-state index in [9.17, 15) is 14.7 Å². The van der Waals surface area contributed by atoms with Gasteiger partial charge >= 0.3 is 0 Å². The summed E-state index contributed by atoms with van der Waals surface area (Å²) < 4.78 is 2.14. The zero-order valence-electron chi connectivity index (χ0n) is 12.6. The number of carbonyl (C=O) groups is 2. The largest absolute Gasteiger partial charge is 0.548 e. The molecule has 1 aromatic heterocycles. The van der Waals surface area contributed by atoms with Gasteiger partial charge in [0.25, 0.3) is 5.91 Å². The first-order chi connectivity index (χ1) is 10.3. The SMILES string of the molecule is CC[C@@H](C)[C@@H](C(=O)[O-])N1C(=O)/C(=C\c2ccn(C)c2)SC1=S. The molecule has 2 rings (SSSR count). The zero-order valence-corrected chi connectivity index (χ0v) is 14.2. The number of aliphatic carboxylic acids is 1. The van der Waals surface area contributed by atoms with Crippen LogP contribution in [0.25, 0.3) is 6.08 Å². The second kappa shape index (κ2) is 6.66. The fourth-order valence-electron chi connectivity index (χ4n) is 2.30. The van der Waals surface area contributed by atoms with Crippen molar-refractivity contribution >= 4 is 46.3 Å². The summed E-state index contributed by atoms with van der Waals surface area (Å²) in [6, 6.07) is 0.844. The van der Waals surface area contributed by atoms with Crippen LogP contribution in [0.4, 0.5) is 0 Å². The molecule has 0 saturated carbocycles. The Morgan fingerprint density at radius 3 is 2.73 bits per heavy atom. The van der Waals surface area contributed by atoms with Gasteiger partial charge in [0, 0.05) is 19.4 Å². The van der Waals surface area contributed by atoms with Crippen molar-refractivity contribution < 1.29 is 14.7 Å². The highest BCUT2D eigenvalue weighted by molar-refractivity contribution is 8.26. The molecule has 1 aliphatic rings. The molecule has 0 aliphatic carbocycles. The third kappa shape index (κ3) is 3.25. The number of hydrogen-bond acceptors (Lipinski definition) is 5. The summed E-state index contributed by atoms with van der Waals surface area (Å²) >= 11 is 6.34. The van der Waals surface area contributed by atoms with Crippen molar-refractivity contribution in [1.82, 2.24) is 9.47 Å². The molecular weight excluding hydrogens is 320 g/mol. The summed E-state index contributed by atoms with van der Waals surface area (Å²) in [6.45, 7) is 3.65. The highest BCUT2D eigenvalue weighted by Crippen LogP contribution is 2.35. The van der Waals surface area contributed by atoms with Crippen molar-refractivity contribution in [1.29, 1.82) is 0 Å². The van der Waals surface area contributed by atoms with Crippen LogP contribution in [0.5, 0.6) is 0 Å². The van der Waals surface area contributed by atoms with Gasteiger partial charge in [-0.15, -0.1) is 0 Å². The number of thioether (sulfide) groups is 1. The molecule has 1 saturated heterocycles. The average molecular weight is 337 g/mol. The van der Waals surface area contributed by atoms with E-state index < -0.39 is 12.0 Å². The summed E-state index contributed by atoms with van der Waals surface area (Å²) in [7, 11) is 1.89. The van der Waals surface area contributed by atoms with Gasteiger partial charge in [0.1, 0.15) is 4.32 Å². The van der Waals surface area contributed by atoms with Crippen molar-refractivity contribution in [2.24, 2.45) is 13.0 Å². The van der Waals surface area contributed by atoms with Gasteiger partial charge in [0.15, 0.2) is 0 Å². The minimum absolute atomic E-state index is 0.233. The molecule has 5 nitrogen and oxygen atoms in total. The van der Waals surface area contributed by atoms with E-state index in [4.69, 9.17) is 12.2 Å². The number of aromatic nitrogens is 1. The Bertz CT molecular complexity index is 651. The van der Waals surface area contributed by atoms with Gasteiger partial charge in [-0.2, -0.15) is 0 Å². The number of rotatable bonds is 5. The molecule has 0 spiro atoms. The van der Waals surface area contributed by atoms with Crippen LogP contribution in [0.3, 0.4) is 0 Å². The van der Waals surface area contributed by atoms with Gasteiger partial charge in [-0.3, -0.25) is 9.69 Å². The highest BCUT2D eigenvalue weighted by Gasteiger charge is 2.39. The number of amides is 1. The lowest BCUT2D eigenvalue weighted by atomic mass is 9.98. The molecule has 22 heavy (non-hydrogen) atoms. The van der Waals surface area contributed by atoms with E-state index >= 15 is 0 Å². The lowest BCUT2D eigenvalue weighted by molar-refractivity contribution is -0.311. The molecular formula is C15H17N2O3S2-. The first kappa shape index (κ1) is 16.8. The van der Waals surface area contributed by atoms with E-state index in [0.29, 0.717) is 11.3 Å². The Kier molecular flexibility index (Phi) is 5.08. The maximum Gasteiger partial charge on any atom is 0.266 e. The number of thiocarbonyl (C=S) groups is 1. The van der Waals surface area contributed by atoms with E-state index in [1.165, 1.54) is 4.90 Å². The third-order valence-corrected chi connectivity index (χ3v) is 5.01. The molecule has 0 unspecified atom stereocenters. The van der Waals surface area contributed by atoms with Crippen LogP contribution in [0.2, 0.25) is 0 Å². The van der Waals surface area contributed by atoms with Crippen molar-refractivity contribution in [2.75, 3.05) is 0 Å². The van der Waals surface area contributed by atoms with E-state index in [0.717, 1.165) is 17.3 Å². The summed E-state index contributed by atoms with van der Waals surface area (Å²) in [5.41, 5.74) is 0.872. The Balaban J connectivity index is 2.32. The summed E-state index contributed by atoms with van der Waals surface area (Å²) in [5, 5.41) is 11.4. The van der Waals surface area contributed by atoms with Crippen molar-refractivity contribution in [3.8, 4) is 0 Å². The summed E-state index contributed by atoms with van der Waals surface area (Å²) in [6.07, 6.45) is 6.09. The monoisotopic (exact) mass is 337 g/mol. The number of carboxylic acids is 1. The molecule has 1 aliphatic heterocycles. The van der Waals surface area contributed by atoms with Crippen LogP contribution in [0, 0.1) is 5.92 Å². The number of carbonyl (C=O) groups excluding carboxylic acids is 2. The molecule has 1 fully saturated rings. The molecule has 1 aromatic rings. The van der Waals surface area contributed by atoms with E-state index in [1.54, 1.807) is 13.0 Å². The fourth-order valence-corrected chi connectivity index (χ4v) is 3.63. The van der Waals surface area contributed by atoms with Crippen molar-refractivity contribution in [3.05, 3.63) is 28.9 Å². The Hall–Kier alpha value is -1.60. The number of carboxylic acid groups (broad SMARTS) is 1. The number of aryl methyl sites for hydroxylation is 1. The van der Waals surface area contributed by atoms with Crippen LogP contribution in [0.1, 0.15) is 25.8 Å². The molecule has 7 heteroatoms.